The first-order valence-electron chi connectivity index (χ1n) is 9.26. The molecule has 0 aliphatic carbocycles. The van der Waals surface area contributed by atoms with Crippen molar-refractivity contribution in [1.29, 1.82) is 0 Å². The summed E-state index contributed by atoms with van der Waals surface area (Å²) in [5.74, 6) is 1.33. The summed E-state index contributed by atoms with van der Waals surface area (Å²) in [6, 6.07) is 14.8. The van der Waals surface area contributed by atoms with Crippen LogP contribution in [-0.4, -0.2) is 14.6 Å². The standard InChI is InChI=1S/C22H19FN4O/c23-18-6-2-4-8-21(18)28-17-11-12-25-27(15-17)20-10-9-16-5-1-3-7-19(16)26-14-13-24-22(20)26/h1-8,11-15,20,25H,9-10H2/t20-/m0/s1. The van der Waals surface area contributed by atoms with E-state index in [-0.39, 0.29) is 17.6 Å². The van der Waals surface area contributed by atoms with Gasteiger partial charge in [0.1, 0.15) is 17.6 Å². The highest BCUT2D eigenvalue weighted by molar-refractivity contribution is 5.44. The van der Waals surface area contributed by atoms with Crippen molar-refractivity contribution in [1.82, 2.24) is 20.0 Å². The molecule has 0 spiro atoms. The zero-order chi connectivity index (χ0) is 18.9. The molecule has 0 saturated heterocycles. The maximum Gasteiger partial charge on any atom is 0.165 e. The number of hydrogen-bond acceptors (Lipinski definition) is 4. The van der Waals surface area contributed by atoms with Crippen LogP contribution in [0.4, 0.5) is 4.39 Å². The van der Waals surface area contributed by atoms with E-state index in [1.54, 1.807) is 30.5 Å². The van der Waals surface area contributed by atoms with Crippen molar-refractivity contribution in [3.05, 3.63) is 102 Å². The first-order chi connectivity index (χ1) is 13.8. The van der Waals surface area contributed by atoms with E-state index < -0.39 is 0 Å². The smallest absolute Gasteiger partial charge is 0.165 e. The van der Waals surface area contributed by atoms with Crippen LogP contribution in [0.2, 0.25) is 0 Å². The van der Waals surface area contributed by atoms with Gasteiger partial charge in [-0.3, -0.25) is 5.01 Å². The molecular weight excluding hydrogens is 355 g/mol. The van der Waals surface area contributed by atoms with E-state index in [4.69, 9.17) is 4.74 Å². The molecule has 2 aliphatic rings. The van der Waals surface area contributed by atoms with Crippen LogP contribution >= 0.6 is 0 Å². The third-order valence-corrected chi connectivity index (χ3v) is 5.04. The third kappa shape index (κ3) is 2.93. The van der Waals surface area contributed by atoms with E-state index in [1.165, 1.54) is 11.6 Å². The van der Waals surface area contributed by atoms with Crippen molar-refractivity contribution < 1.29 is 9.13 Å². The fraction of sp³-hybridized carbons (Fsp3) is 0.136. The average molecular weight is 374 g/mol. The predicted molar refractivity (Wildman–Crippen MR) is 104 cm³/mol. The number of nitrogens with zero attached hydrogens (tertiary/aromatic N) is 3. The van der Waals surface area contributed by atoms with E-state index in [9.17, 15) is 4.39 Å². The summed E-state index contributed by atoms with van der Waals surface area (Å²) in [5, 5.41) is 1.97. The fourth-order valence-electron chi connectivity index (χ4n) is 3.72. The number of halogens is 1. The van der Waals surface area contributed by atoms with E-state index in [2.05, 4.69) is 33.2 Å². The highest BCUT2D eigenvalue weighted by Crippen LogP contribution is 2.33. The first-order valence-corrected chi connectivity index (χ1v) is 9.26. The maximum atomic E-state index is 13.9. The highest BCUT2D eigenvalue weighted by Gasteiger charge is 2.28. The quantitative estimate of drug-likeness (QED) is 0.744. The lowest BCUT2D eigenvalue weighted by atomic mass is 10.1. The van der Waals surface area contributed by atoms with Crippen LogP contribution < -0.4 is 10.2 Å². The molecule has 2 aliphatic heterocycles. The second-order valence-electron chi connectivity index (χ2n) is 6.77. The van der Waals surface area contributed by atoms with Gasteiger partial charge in [-0.2, -0.15) is 0 Å². The van der Waals surface area contributed by atoms with Crippen LogP contribution in [0.25, 0.3) is 5.69 Å². The molecule has 5 rings (SSSR count). The van der Waals surface area contributed by atoms with Crippen LogP contribution in [0.5, 0.6) is 5.75 Å². The minimum absolute atomic E-state index is 0.00608. The Labute approximate surface area is 162 Å². The van der Waals surface area contributed by atoms with E-state index in [0.717, 1.165) is 24.4 Å². The Kier molecular flexibility index (Phi) is 4.09. The van der Waals surface area contributed by atoms with Crippen molar-refractivity contribution in [2.24, 2.45) is 0 Å². The van der Waals surface area contributed by atoms with Gasteiger partial charge in [0, 0.05) is 24.3 Å². The van der Waals surface area contributed by atoms with Gasteiger partial charge in [-0.15, -0.1) is 0 Å². The Hall–Kier alpha value is -3.54. The Morgan fingerprint density at radius 1 is 1.11 bits per heavy atom. The minimum atomic E-state index is -0.387. The number of imidazole rings is 1. The lowest BCUT2D eigenvalue weighted by Gasteiger charge is -2.31. The van der Waals surface area contributed by atoms with E-state index >= 15 is 0 Å². The van der Waals surface area contributed by atoms with Gasteiger partial charge in [0.2, 0.25) is 0 Å². The lowest BCUT2D eigenvalue weighted by molar-refractivity contribution is 0.196. The van der Waals surface area contributed by atoms with Gasteiger partial charge in [-0.25, -0.2) is 9.37 Å². The molecule has 3 aromatic rings. The SMILES string of the molecule is Fc1ccccc1OC1=CN([C@H]2CCc3ccccc3-n3ccnc32)NC=C1. The van der Waals surface area contributed by atoms with Crippen LogP contribution in [-0.2, 0) is 6.42 Å². The summed E-state index contributed by atoms with van der Waals surface area (Å²) in [6.07, 6.45) is 11.1. The number of ether oxygens (including phenoxy) is 1. The molecule has 28 heavy (non-hydrogen) atoms. The number of hydrogen-bond donors (Lipinski definition) is 1. The van der Waals surface area contributed by atoms with Gasteiger partial charge < -0.3 is 14.7 Å². The van der Waals surface area contributed by atoms with Crippen LogP contribution in [0.3, 0.4) is 0 Å². The number of aromatic nitrogens is 2. The molecule has 140 valence electrons. The van der Waals surface area contributed by atoms with Crippen molar-refractivity contribution in [2.75, 3.05) is 0 Å². The summed E-state index contributed by atoms with van der Waals surface area (Å²) in [5.41, 5.74) is 5.71. The second-order valence-corrected chi connectivity index (χ2v) is 6.77. The molecule has 1 atom stereocenters. The normalized spacial score (nSPS) is 17.8. The van der Waals surface area contributed by atoms with Crippen molar-refractivity contribution in [3.63, 3.8) is 0 Å². The fourth-order valence-corrected chi connectivity index (χ4v) is 3.72. The summed E-state index contributed by atoms with van der Waals surface area (Å²) in [6.45, 7) is 0. The number of hydrazine groups is 1. The zero-order valence-corrected chi connectivity index (χ0v) is 15.1. The predicted octanol–water partition coefficient (Wildman–Crippen LogP) is 4.25. The van der Waals surface area contributed by atoms with E-state index in [0.29, 0.717) is 5.76 Å². The van der Waals surface area contributed by atoms with Crippen molar-refractivity contribution in [2.45, 2.75) is 18.9 Å². The molecular formula is C22H19FN4O. The van der Waals surface area contributed by atoms with Gasteiger partial charge >= 0.3 is 0 Å². The Morgan fingerprint density at radius 2 is 1.96 bits per heavy atom. The molecule has 1 aromatic heterocycles. The van der Waals surface area contributed by atoms with Crippen LogP contribution in [0.1, 0.15) is 23.9 Å². The molecule has 0 bridgehead atoms. The summed E-state index contributed by atoms with van der Waals surface area (Å²) < 4.78 is 21.8. The van der Waals surface area contributed by atoms with Crippen LogP contribution in [0.15, 0.2) is 85.2 Å². The largest absolute Gasteiger partial charge is 0.453 e. The average Bonchev–Trinajstić information content (AvgIpc) is 3.14. The number of fused-ring (bicyclic) bond motifs is 3. The van der Waals surface area contributed by atoms with Crippen molar-refractivity contribution >= 4 is 0 Å². The van der Waals surface area contributed by atoms with Gasteiger partial charge in [0.05, 0.1) is 6.20 Å². The molecule has 0 radical (unpaired) electrons. The molecule has 2 aromatic carbocycles. The molecule has 0 saturated carbocycles. The Bertz CT molecular complexity index is 1070. The Morgan fingerprint density at radius 3 is 2.89 bits per heavy atom. The monoisotopic (exact) mass is 374 g/mol. The lowest BCUT2D eigenvalue weighted by Crippen LogP contribution is -2.36. The Balaban J connectivity index is 1.46. The third-order valence-electron chi connectivity index (χ3n) is 5.04. The van der Waals surface area contributed by atoms with E-state index in [1.807, 2.05) is 29.7 Å². The number of para-hydroxylation sites is 2. The molecule has 0 unspecified atom stereocenters. The summed E-state index contributed by atoms with van der Waals surface area (Å²) in [4.78, 5) is 4.62. The van der Waals surface area contributed by atoms with Gasteiger partial charge in [-0.1, -0.05) is 30.3 Å². The number of aryl methyl sites for hydroxylation is 1. The van der Waals surface area contributed by atoms with Gasteiger partial charge in [0.15, 0.2) is 11.6 Å². The molecule has 6 heteroatoms. The first kappa shape index (κ1) is 16.6. The molecule has 0 amide bonds. The topological polar surface area (TPSA) is 42.3 Å². The number of rotatable bonds is 3. The van der Waals surface area contributed by atoms with Gasteiger partial charge in [-0.05, 0) is 42.7 Å². The molecule has 1 N–H and O–H groups in total. The summed E-state index contributed by atoms with van der Waals surface area (Å²) >= 11 is 0. The number of nitrogens with one attached hydrogen (secondary N) is 1. The maximum absolute atomic E-state index is 13.9. The van der Waals surface area contributed by atoms with Crippen molar-refractivity contribution in [3.8, 4) is 11.4 Å². The number of allylic oxidation sites excluding steroid dienone is 1. The number of benzene rings is 2. The molecule has 5 nitrogen and oxygen atoms in total. The highest BCUT2D eigenvalue weighted by atomic mass is 19.1. The molecule has 0 fully saturated rings. The van der Waals surface area contributed by atoms with Crippen LogP contribution in [0, 0.1) is 5.82 Å². The minimum Gasteiger partial charge on any atom is -0.453 e. The molecule has 3 heterocycles. The zero-order valence-electron chi connectivity index (χ0n) is 15.1. The summed E-state index contributed by atoms with van der Waals surface area (Å²) in [7, 11) is 0. The second kappa shape index (κ2) is 6.88. The van der Waals surface area contributed by atoms with Gasteiger partial charge in [0.25, 0.3) is 0 Å².